The van der Waals surface area contributed by atoms with Gasteiger partial charge in [-0.15, -0.1) is 0 Å². The number of benzene rings is 1. The predicted octanol–water partition coefficient (Wildman–Crippen LogP) is 0.356. The van der Waals surface area contributed by atoms with Gasteiger partial charge in [-0.05, 0) is 24.5 Å². The Labute approximate surface area is 210 Å². The number of carbonyl (C=O) groups is 4. The summed E-state index contributed by atoms with van der Waals surface area (Å²) < 4.78 is 0. The topological polar surface area (TPSA) is 219 Å². The number of rotatable bonds is 10. The second-order valence-corrected chi connectivity index (χ2v) is 9.27. The smallest absolute Gasteiger partial charge is 0.300 e. The molecule has 1 aromatic heterocycles. The number of hydrogen-bond donors (Lipinski definition) is 7. The van der Waals surface area contributed by atoms with Gasteiger partial charge in [0.05, 0.1) is 0 Å². The Morgan fingerprint density at radius 1 is 1.06 bits per heavy atom. The third-order valence-corrected chi connectivity index (χ3v) is 5.01. The number of fused-ring (bicyclic) bond motifs is 1. The molecule has 0 aliphatic heterocycles. The molecule has 0 fully saturated rings. The molecule has 2 atom stereocenters. The van der Waals surface area contributed by atoms with Crippen LogP contribution in [0.1, 0.15) is 46.1 Å². The molecule has 2 rings (SSSR count). The molecule has 12 nitrogen and oxygen atoms in total. The average molecular weight is 504 g/mol. The van der Waals surface area contributed by atoms with Crippen LogP contribution in [0.4, 0.5) is 0 Å². The fraction of sp³-hybridized carbons (Fsp3) is 0.458. The monoisotopic (exact) mass is 503 g/mol. The van der Waals surface area contributed by atoms with Crippen molar-refractivity contribution in [1.82, 2.24) is 15.6 Å². The molecule has 36 heavy (non-hydrogen) atoms. The summed E-state index contributed by atoms with van der Waals surface area (Å²) in [6.07, 6.45) is 2.77. The molecule has 0 radical (unpaired) electrons. The molecule has 12 heteroatoms. The van der Waals surface area contributed by atoms with Crippen molar-refractivity contribution in [2.45, 2.75) is 59.0 Å². The fourth-order valence-electron chi connectivity index (χ4n) is 3.16. The molecule has 1 heterocycles. The van der Waals surface area contributed by atoms with E-state index in [0.29, 0.717) is 19.4 Å². The maximum Gasteiger partial charge on any atom is 0.300 e. The minimum Gasteiger partial charge on any atom is -0.481 e. The summed E-state index contributed by atoms with van der Waals surface area (Å²) in [5.41, 5.74) is 17.3. The Morgan fingerprint density at radius 2 is 1.67 bits per heavy atom. The number of para-hydroxylation sites is 1. The summed E-state index contributed by atoms with van der Waals surface area (Å²) in [6.45, 7) is 6.64. The van der Waals surface area contributed by atoms with Gasteiger partial charge in [-0.2, -0.15) is 0 Å². The van der Waals surface area contributed by atoms with Crippen LogP contribution in [0.25, 0.3) is 10.9 Å². The Bertz CT molecular complexity index is 1080. The summed E-state index contributed by atoms with van der Waals surface area (Å²) in [6, 6.07) is 5.85. The molecule has 2 unspecified atom stereocenters. The Hall–Kier alpha value is -4.09. The van der Waals surface area contributed by atoms with Gasteiger partial charge in [-0.25, -0.2) is 0 Å². The number of primary amides is 1. The van der Waals surface area contributed by atoms with Crippen molar-refractivity contribution in [3.8, 4) is 0 Å². The quantitative estimate of drug-likeness (QED) is 0.137. The van der Waals surface area contributed by atoms with Gasteiger partial charge in [0, 0.05) is 42.4 Å². The maximum atomic E-state index is 13.0. The van der Waals surface area contributed by atoms with Gasteiger partial charge < -0.3 is 37.9 Å². The number of nitrogens with one attached hydrogen (secondary N) is 3. The summed E-state index contributed by atoms with van der Waals surface area (Å²) in [5.74, 6) is -2.31. The number of carboxylic acid groups (broad SMARTS) is 1. The van der Waals surface area contributed by atoms with Crippen molar-refractivity contribution in [2.24, 2.45) is 27.6 Å². The number of amides is 3. The number of nitrogens with zero attached hydrogens (tertiary/aromatic N) is 1. The molecule has 0 spiro atoms. The number of guanidine groups is 1. The highest BCUT2D eigenvalue weighted by Crippen LogP contribution is 2.19. The number of aromatic nitrogens is 1. The van der Waals surface area contributed by atoms with Crippen molar-refractivity contribution < 1.29 is 24.3 Å². The van der Waals surface area contributed by atoms with Gasteiger partial charge in [-0.1, -0.05) is 39.0 Å². The third-order valence-electron chi connectivity index (χ3n) is 5.01. The third kappa shape index (κ3) is 10.5. The minimum absolute atomic E-state index is 0.0442. The van der Waals surface area contributed by atoms with Gasteiger partial charge in [0.15, 0.2) is 5.96 Å². The van der Waals surface area contributed by atoms with Gasteiger partial charge >= 0.3 is 0 Å². The van der Waals surface area contributed by atoms with Gasteiger partial charge in [0.2, 0.25) is 17.7 Å². The first-order valence-electron chi connectivity index (χ1n) is 11.4. The lowest BCUT2D eigenvalue weighted by Crippen LogP contribution is -2.55. The molecule has 0 aliphatic rings. The molecule has 198 valence electrons. The molecule has 0 aliphatic carbocycles. The van der Waals surface area contributed by atoms with E-state index in [9.17, 15) is 14.4 Å². The molecule has 0 bridgehead atoms. The first-order valence-corrected chi connectivity index (χ1v) is 11.4. The zero-order valence-electron chi connectivity index (χ0n) is 21.1. The van der Waals surface area contributed by atoms with Gasteiger partial charge in [0.25, 0.3) is 5.97 Å². The number of nitrogens with two attached hydrogens (primary N) is 3. The van der Waals surface area contributed by atoms with E-state index >= 15 is 0 Å². The Balaban J connectivity index is 0.00000150. The number of carboxylic acids is 1. The van der Waals surface area contributed by atoms with E-state index in [0.717, 1.165) is 23.4 Å². The SMILES string of the molecule is CC(=O)O.CC(C)(C)C(=O)NC(CCCN=C(N)N)C(=O)NC(Cc1c[nH]c2ccccc12)C(N)=O. The van der Waals surface area contributed by atoms with Gasteiger partial charge in [0.1, 0.15) is 12.1 Å². The molecule has 1 aromatic carbocycles. The lowest BCUT2D eigenvalue weighted by Gasteiger charge is -2.25. The highest BCUT2D eigenvalue weighted by atomic mass is 16.4. The van der Waals surface area contributed by atoms with Crippen molar-refractivity contribution >= 4 is 40.6 Å². The first kappa shape index (κ1) is 29.9. The van der Waals surface area contributed by atoms with Gasteiger partial charge in [-0.3, -0.25) is 24.2 Å². The number of carbonyl (C=O) groups excluding carboxylic acids is 3. The standard InChI is InChI=1S/C22H33N7O3.C2H4O2/c1-22(2,3)20(32)29-16(9-6-10-26-21(24)25)19(31)28-17(18(23)30)11-13-12-27-15-8-5-4-7-14(13)15;1-2(3)4/h4-5,7-8,12,16-17,27H,6,9-11H2,1-3H3,(H2,23,30)(H,28,31)(H,29,32)(H4,24,25,26);1H3,(H,3,4). The van der Waals surface area contributed by atoms with Crippen LogP contribution in [-0.2, 0) is 25.6 Å². The molecule has 0 saturated heterocycles. The van der Waals surface area contributed by atoms with E-state index in [4.69, 9.17) is 27.1 Å². The number of H-pyrrole nitrogens is 1. The molecular formula is C24H37N7O5. The van der Waals surface area contributed by atoms with Crippen LogP contribution in [-0.4, -0.2) is 58.4 Å². The Kier molecular flexibility index (Phi) is 11.4. The second-order valence-electron chi connectivity index (χ2n) is 9.27. The van der Waals surface area contributed by atoms with E-state index in [1.807, 2.05) is 24.3 Å². The zero-order chi connectivity index (χ0) is 27.5. The van der Waals surface area contributed by atoms with Crippen LogP contribution < -0.4 is 27.8 Å². The maximum absolute atomic E-state index is 13.0. The van der Waals surface area contributed by atoms with E-state index in [1.54, 1.807) is 27.0 Å². The van der Waals surface area contributed by atoms with Crippen molar-refractivity contribution in [2.75, 3.05) is 6.54 Å². The van der Waals surface area contributed by atoms with E-state index in [-0.39, 0.29) is 18.3 Å². The fourth-order valence-corrected chi connectivity index (χ4v) is 3.16. The van der Waals surface area contributed by atoms with Crippen LogP contribution in [0.3, 0.4) is 0 Å². The van der Waals surface area contributed by atoms with Crippen LogP contribution in [0.5, 0.6) is 0 Å². The highest BCUT2D eigenvalue weighted by molar-refractivity contribution is 5.93. The number of aromatic amines is 1. The zero-order valence-corrected chi connectivity index (χ0v) is 21.1. The highest BCUT2D eigenvalue weighted by Gasteiger charge is 2.29. The average Bonchev–Trinajstić information content (AvgIpc) is 3.16. The van der Waals surface area contributed by atoms with E-state index in [2.05, 4.69) is 20.6 Å². The predicted molar refractivity (Wildman–Crippen MR) is 138 cm³/mol. The lowest BCUT2D eigenvalue weighted by molar-refractivity contribution is -0.134. The molecular weight excluding hydrogens is 466 g/mol. The number of hydrogen-bond acceptors (Lipinski definition) is 5. The molecule has 10 N–H and O–H groups in total. The number of aliphatic imine (C=N–C) groups is 1. The van der Waals surface area contributed by atoms with Crippen molar-refractivity contribution in [1.29, 1.82) is 0 Å². The normalized spacial score (nSPS) is 12.4. The number of aliphatic carboxylic acids is 1. The minimum atomic E-state index is -0.937. The van der Waals surface area contributed by atoms with Crippen LogP contribution in [0.2, 0.25) is 0 Å². The molecule has 2 aromatic rings. The van der Waals surface area contributed by atoms with Crippen LogP contribution in [0, 0.1) is 5.41 Å². The lowest BCUT2D eigenvalue weighted by atomic mass is 9.94. The largest absolute Gasteiger partial charge is 0.481 e. The van der Waals surface area contributed by atoms with Crippen LogP contribution in [0.15, 0.2) is 35.5 Å². The second kappa shape index (κ2) is 13.7. The van der Waals surface area contributed by atoms with E-state index in [1.165, 1.54) is 0 Å². The van der Waals surface area contributed by atoms with Crippen molar-refractivity contribution in [3.63, 3.8) is 0 Å². The Morgan fingerprint density at radius 3 is 2.22 bits per heavy atom. The summed E-state index contributed by atoms with van der Waals surface area (Å²) in [7, 11) is 0. The summed E-state index contributed by atoms with van der Waals surface area (Å²) in [4.78, 5) is 53.6. The van der Waals surface area contributed by atoms with Crippen LogP contribution >= 0.6 is 0 Å². The molecule has 3 amide bonds. The van der Waals surface area contributed by atoms with E-state index < -0.39 is 35.3 Å². The first-order chi connectivity index (χ1) is 16.7. The summed E-state index contributed by atoms with van der Waals surface area (Å²) in [5, 5.41) is 13.8. The summed E-state index contributed by atoms with van der Waals surface area (Å²) >= 11 is 0. The molecule has 0 saturated carbocycles. The van der Waals surface area contributed by atoms with Crippen molar-refractivity contribution in [3.05, 3.63) is 36.0 Å².